The van der Waals surface area contributed by atoms with Crippen LogP contribution < -0.4 is 14.8 Å². The van der Waals surface area contributed by atoms with Gasteiger partial charge in [0.2, 0.25) is 0 Å². The molecule has 5 heteroatoms. The number of methoxy groups -OCH3 is 2. The summed E-state index contributed by atoms with van der Waals surface area (Å²) in [6.07, 6.45) is 0. The molecule has 1 aromatic heterocycles. The Balaban J connectivity index is 2.24. The van der Waals surface area contributed by atoms with Crippen molar-refractivity contribution in [3.63, 3.8) is 0 Å². The van der Waals surface area contributed by atoms with Crippen LogP contribution in [-0.4, -0.2) is 20.1 Å². The maximum absolute atomic E-state index is 12.6. The molecule has 0 saturated carbocycles. The van der Waals surface area contributed by atoms with Gasteiger partial charge in [0.1, 0.15) is 11.5 Å². The molecule has 0 radical (unpaired) electrons. The molecular formula is C17H21NO3S. The Hall–Kier alpha value is -2.01. The largest absolute Gasteiger partial charge is 0.497 e. The maximum atomic E-state index is 12.6. The molecule has 1 aromatic carbocycles. The third kappa shape index (κ3) is 3.60. The van der Waals surface area contributed by atoms with Gasteiger partial charge in [0, 0.05) is 10.9 Å². The summed E-state index contributed by atoms with van der Waals surface area (Å²) in [5.74, 6) is 1.32. The van der Waals surface area contributed by atoms with Crippen molar-refractivity contribution in [3.05, 3.63) is 46.2 Å². The summed E-state index contributed by atoms with van der Waals surface area (Å²) < 4.78 is 10.5. The van der Waals surface area contributed by atoms with Gasteiger partial charge < -0.3 is 14.8 Å². The van der Waals surface area contributed by atoms with Gasteiger partial charge in [0.15, 0.2) is 0 Å². The van der Waals surface area contributed by atoms with Crippen LogP contribution in [0.3, 0.4) is 0 Å². The van der Waals surface area contributed by atoms with Crippen LogP contribution in [0, 0.1) is 5.92 Å². The van der Waals surface area contributed by atoms with E-state index in [1.807, 2.05) is 17.5 Å². The lowest BCUT2D eigenvalue weighted by Gasteiger charge is -2.22. The van der Waals surface area contributed by atoms with Crippen molar-refractivity contribution in [2.45, 2.75) is 19.9 Å². The quantitative estimate of drug-likeness (QED) is 0.878. The number of thiophene rings is 1. The molecule has 0 saturated heterocycles. The van der Waals surface area contributed by atoms with Crippen molar-refractivity contribution < 1.29 is 14.3 Å². The van der Waals surface area contributed by atoms with Gasteiger partial charge in [-0.2, -0.15) is 0 Å². The second kappa shape index (κ2) is 7.31. The summed E-state index contributed by atoms with van der Waals surface area (Å²) in [7, 11) is 3.13. The summed E-state index contributed by atoms with van der Waals surface area (Å²) in [6.45, 7) is 4.19. The Morgan fingerprint density at radius 2 is 1.95 bits per heavy atom. The van der Waals surface area contributed by atoms with Gasteiger partial charge in [-0.05, 0) is 29.5 Å². The lowest BCUT2D eigenvalue weighted by molar-refractivity contribution is 0.0923. The molecule has 1 unspecified atom stereocenters. The first-order valence-electron chi connectivity index (χ1n) is 7.13. The van der Waals surface area contributed by atoms with Gasteiger partial charge in [-0.1, -0.05) is 19.9 Å². The molecule has 2 rings (SSSR count). The van der Waals surface area contributed by atoms with E-state index in [0.717, 1.165) is 4.88 Å². The molecule has 0 aliphatic heterocycles. The van der Waals surface area contributed by atoms with Crippen LogP contribution in [0.4, 0.5) is 0 Å². The Morgan fingerprint density at radius 3 is 2.50 bits per heavy atom. The number of benzene rings is 1. The van der Waals surface area contributed by atoms with E-state index < -0.39 is 0 Å². The zero-order valence-corrected chi connectivity index (χ0v) is 14.1. The standard InChI is InChI=1S/C17H21NO3S/c1-11(2)16(15-6-5-9-22-15)18-17(19)13-8-7-12(20-3)10-14(13)21-4/h5-11,16H,1-4H3,(H,18,19). The van der Waals surface area contributed by atoms with Crippen LogP contribution in [0.2, 0.25) is 0 Å². The molecule has 0 aliphatic carbocycles. The third-order valence-electron chi connectivity index (χ3n) is 3.46. The molecule has 0 aliphatic rings. The van der Waals surface area contributed by atoms with Crippen LogP contribution in [0.25, 0.3) is 0 Å². The molecule has 4 nitrogen and oxygen atoms in total. The average molecular weight is 319 g/mol. The second-order valence-corrected chi connectivity index (χ2v) is 6.26. The molecule has 1 heterocycles. The highest BCUT2D eigenvalue weighted by molar-refractivity contribution is 7.10. The van der Waals surface area contributed by atoms with Crippen LogP contribution in [0.5, 0.6) is 11.5 Å². The van der Waals surface area contributed by atoms with E-state index in [2.05, 4.69) is 19.2 Å². The molecule has 1 N–H and O–H groups in total. The number of rotatable bonds is 6. The van der Waals surface area contributed by atoms with Gasteiger partial charge in [0.05, 0.1) is 25.8 Å². The van der Waals surface area contributed by atoms with Crippen molar-refractivity contribution in [2.75, 3.05) is 14.2 Å². The SMILES string of the molecule is COc1ccc(C(=O)NC(c2cccs2)C(C)C)c(OC)c1. The Labute approximate surface area is 135 Å². The van der Waals surface area contributed by atoms with Crippen LogP contribution in [-0.2, 0) is 0 Å². The van der Waals surface area contributed by atoms with Gasteiger partial charge in [-0.3, -0.25) is 4.79 Å². The van der Waals surface area contributed by atoms with E-state index >= 15 is 0 Å². The number of carbonyl (C=O) groups excluding carboxylic acids is 1. The molecule has 2 aromatic rings. The number of carbonyl (C=O) groups is 1. The molecular weight excluding hydrogens is 298 g/mol. The summed E-state index contributed by atoms with van der Waals surface area (Å²) >= 11 is 1.65. The normalized spacial score (nSPS) is 12.0. The van der Waals surface area contributed by atoms with Crippen molar-refractivity contribution in [2.24, 2.45) is 5.92 Å². The number of ether oxygens (including phenoxy) is 2. The van der Waals surface area contributed by atoms with Crippen molar-refractivity contribution >= 4 is 17.2 Å². The van der Waals surface area contributed by atoms with Gasteiger partial charge in [-0.25, -0.2) is 0 Å². The lowest BCUT2D eigenvalue weighted by Crippen LogP contribution is -2.31. The molecule has 118 valence electrons. The lowest BCUT2D eigenvalue weighted by atomic mass is 10.0. The summed E-state index contributed by atoms with van der Waals surface area (Å²) in [4.78, 5) is 13.8. The molecule has 22 heavy (non-hydrogen) atoms. The molecule has 0 fully saturated rings. The summed E-state index contributed by atoms with van der Waals surface area (Å²) in [5, 5.41) is 5.12. The van der Waals surface area contributed by atoms with E-state index in [1.165, 1.54) is 0 Å². The van der Waals surface area contributed by atoms with Gasteiger partial charge >= 0.3 is 0 Å². The molecule has 1 amide bonds. The van der Waals surface area contributed by atoms with Crippen LogP contribution >= 0.6 is 11.3 Å². The zero-order valence-electron chi connectivity index (χ0n) is 13.3. The molecule has 0 spiro atoms. The predicted molar refractivity (Wildman–Crippen MR) is 88.9 cm³/mol. The Bertz CT molecular complexity index is 623. The Morgan fingerprint density at radius 1 is 1.18 bits per heavy atom. The first-order valence-corrected chi connectivity index (χ1v) is 8.01. The fourth-order valence-electron chi connectivity index (χ4n) is 2.24. The zero-order chi connectivity index (χ0) is 16.1. The molecule has 1 atom stereocenters. The number of nitrogens with one attached hydrogen (secondary N) is 1. The highest BCUT2D eigenvalue weighted by Crippen LogP contribution is 2.28. The predicted octanol–water partition coefficient (Wildman–Crippen LogP) is 3.89. The minimum absolute atomic E-state index is 0.0145. The average Bonchev–Trinajstić information content (AvgIpc) is 3.05. The maximum Gasteiger partial charge on any atom is 0.255 e. The molecule has 0 bridgehead atoms. The number of hydrogen-bond donors (Lipinski definition) is 1. The van der Waals surface area contributed by atoms with E-state index in [-0.39, 0.29) is 11.9 Å². The first-order chi connectivity index (χ1) is 10.6. The minimum atomic E-state index is -0.147. The topological polar surface area (TPSA) is 47.6 Å². The van der Waals surface area contributed by atoms with E-state index in [9.17, 15) is 4.79 Å². The fraction of sp³-hybridized carbons (Fsp3) is 0.353. The van der Waals surface area contributed by atoms with Crippen LogP contribution in [0.1, 0.15) is 35.1 Å². The van der Waals surface area contributed by atoms with Crippen molar-refractivity contribution in [1.82, 2.24) is 5.32 Å². The Kier molecular flexibility index (Phi) is 5.44. The van der Waals surface area contributed by atoms with E-state index in [0.29, 0.717) is 23.0 Å². The monoisotopic (exact) mass is 319 g/mol. The second-order valence-electron chi connectivity index (χ2n) is 5.28. The van der Waals surface area contributed by atoms with E-state index in [1.54, 1.807) is 43.8 Å². The fourth-order valence-corrected chi connectivity index (χ4v) is 3.19. The van der Waals surface area contributed by atoms with Crippen molar-refractivity contribution in [1.29, 1.82) is 0 Å². The number of amides is 1. The first kappa shape index (κ1) is 16.4. The number of hydrogen-bond acceptors (Lipinski definition) is 4. The van der Waals surface area contributed by atoms with Gasteiger partial charge in [-0.15, -0.1) is 11.3 Å². The minimum Gasteiger partial charge on any atom is -0.497 e. The third-order valence-corrected chi connectivity index (χ3v) is 4.41. The van der Waals surface area contributed by atoms with Crippen LogP contribution in [0.15, 0.2) is 35.7 Å². The smallest absolute Gasteiger partial charge is 0.255 e. The summed E-state index contributed by atoms with van der Waals surface area (Å²) in [5.41, 5.74) is 0.505. The highest BCUT2D eigenvalue weighted by atomic mass is 32.1. The van der Waals surface area contributed by atoms with E-state index in [4.69, 9.17) is 9.47 Å². The van der Waals surface area contributed by atoms with Crippen molar-refractivity contribution in [3.8, 4) is 11.5 Å². The highest BCUT2D eigenvalue weighted by Gasteiger charge is 2.22. The van der Waals surface area contributed by atoms with Gasteiger partial charge in [0.25, 0.3) is 5.91 Å². The summed E-state index contributed by atoms with van der Waals surface area (Å²) in [6, 6.07) is 9.21.